The van der Waals surface area contributed by atoms with Crippen LogP contribution >= 0.6 is 0 Å². The molecule has 4 nitrogen and oxygen atoms in total. The summed E-state index contributed by atoms with van der Waals surface area (Å²) in [6.45, 7) is 1.15. The van der Waals surface area contributed by atoms with E-state index in [0.29, 0.717) is 12.5 Å². The van der Waals surface area contributed by atoms with Gasteiger partial charge in [0.25, 0.3) is 0 Å². The summed E-state index contributed by atoms with van der Waals surface area (Å²) in [7, 11) is 1.57. The summed E-state index contributed by atoms with van der Waals surface area (Å²) >= 11 is 0. The van der Waals surface area contributed by atoms with Crippen molar-refractivity contribution >= 4 is 0 Å². The summed E-state index contributed by atoms with van der Waals surface area (Å²) < 4.78 is 9.84. The van der Waals surface area contributed by atoms with Gasteiger partial charge in [0.1, 0.15) is 6.79 Å². The van der Waals surface area contributed by atoms with E-state index in [1.807, 2.05) is 0 Å². The molecule has 0 aromatic carbocycles. The van der Waals surface area contributed by atoms with Crippen LogP contribution in [0, 0.1) is 17.8 Å². The fraction of sp³-hybridized carbons (Fsp3) is 1.00. The third kappa shape index (κ3) is 2.17. The van der Waals surface area contributed by atoms with Crippen LogP contribution < -0.4 is 0 Å². The molecule has 1 aliphatic carbocycles. The van der Waals surface area contributed by atoms with Gasteiger partial charge in [0.15, 0.2) is 0 Å². The van der Waals surface area contributed by atoms with Crippen LogP contribution in [-0.2, 0) is 9.47 Å². The molecule has 1 aliphatic rings. The Morgan fingerprint density at radius 2 is 1.67 bits per heavy atom. The summed E-state index contributed by atoms with van der Waals surface area (Å²) in [5.41, 5.74) is 0. The summed E-state index contributed by atoms with van der Waals surface area (Å²) in [6.07, 6.45) is 0. The normalized spacial score (nSPS) is 33.8. The van der Waals surface area contributed by atoms with E-state index >= 15 is 0 Å². The Morgan fingerprint density at radius 1 is 1.08 bits per heavy atom. The van der Waals surface area contributed by atoms with Gasteiger partial charge in [0, 0.05) is 20.3 Å². The average Bonchev–Trinajstić information content (AvgIpc) is 2.78. The lowest BCUT2D eigenvalue weighted by atomic mass is 10.3. The predicted molar refractivity (Wildman–Crippen MR) is 42.5 cm³/mol. The highest BCUT2D eigenvalue weighted by atomic mass is 16.7. The first-order valence-corrected chi connectivity index (χ1v) is 4.13. The largest absolute Gasteiger partial charge is 0.396 e. The highest BCUT2D eigenvalue weighted by Gasteiger charge is 2.48. The lowest BCUT2D eigenvalue weighted by molar-refractivity contribution is -0.0374. The predicted octanol–water partition coefficient (Wildman–Crippen LogP) is -0.546. The van der Waals surface area contributed by atoms with Gasteiger partial charge in [0.2, 0.25) is 0 Å². The van der Waals surface area contributed by atoms with Crippen molar-refractivity contribution in [2.24, 2.45) is 17.8 Å². The Morgan fingerprint density at radius 3 is 2.08 bits per heavy atom. The van der Waals surface area contributed by atoms with Gasteiger partial charge in [-0.05, 0) is 17.8 Å². The van der Waals surface area contributed by atoms with E-state index in [0.717, 1.165) is 0 Å². The Bertz CT molecular complexity index is 118. The van der Waals surface area contributed by atoms with Gasteiger partial charge in [-0.3, -0.25) is 0 Å². The number of ether oxygens (including phenoxy) is 2. The van der Waals surface area contributed by atoms with E-state index < -0.39 is 0 Å². The van der Waals surface area contributed by atoms with Crippen LogP contribution in [0.4, 0.5) is 0 Å². The molecule has 0 aromatic rings. The minimum Gasteiger partial charge on any atom is -0.396 e. The van der Waals surface area contributed by atoms with Crippen molar-refractivity contribution in [1.29, 1.82) is 0 Å². The second-order valence-electron chi connectivity index (χ2n) is 3.13. The van der Waals surface area contributed by atoms with Crippen LogP contribution in [0.1, 0.15) is 0 Å². The third-order valence-corrected chi connectivity index (χ3v) is 2.44. The molecule has 4 heteroatoms. The van der Waals surface area contributed by atoms with E-state index in [4.69, 9.17) is 19.7 Å². The fourth-order valence-electron chi connectivity index (χ4n) is 1.58. The van der Waals surface area contributed by atoms with Crippen molar-refractivity contribution in [3.63, 3.8) is 0 Å². The van der Waals surface area contributed by atoms with Crippen LogP contribution in [0.25, 0.3) is 0 Å². The van der Waals surface area contributed by atoms with E-state index in [2.05, 4.69) is 0 Å². The van der Waals surface area contributed by atoms with E-state index in [9.17, 15) is 0 Å². The average molecular weight is 176 g/mol. The van der Waals surface area contributed by atoms with E-state index in [1.165, 1.54) is 0 Å². The van der Waals surface area contributed by atoms with Gasteiger partial charge in [-0.2, -0.15) is 0 Å². The highest BCUT2D eigenvalue weighted by Crippen LogP contribution is 2.45. The van der Waals surface area contributed by atoms with Crippen LogP contribution in [0.15, 0.2) is 0 Å². The molecule has 1 saturated carbocycles. The van der Waals surface area contributed by atoms with Crippen molar-refractivity contribution in [2.75, 3.05) is 33.7 Å². The standard InChI is InChI=1S/C8H16O4/c1-11-5-12-4-8-6(2-9)7(8)3-10/h6-10H,2-5H2,1H3/t6-,7+,8?. The van der Waals surface area contributed by atoms with Crippen molar-refractivity contribution in [3.8, 4) is 0 Å². The summed E-state index contributed by atoms with van der Waals surface area (Å²) in [5, 5.41) is 17.7. The lowest BCUT2D eigenvalue weighted by Gasteiger charge is -2.00. The second-order valence-corrected chi connectivity index (χ2v) is 3.13. The molecule has 0 radical (unpaired) electrons. The summed E-state index contributed by atoms with van der Waals surface area (Å²) in [6, 6.07) is 0. The molecule has 2 N–H and O–H groups in total. The van der Waals surface area contributed by atoms with Crippen molar-refractivity contribution < 1.29 is 19.7 Å². The molecular formula is C8H16O4. The Hall–Kier alpha value is -0.160. The number of hydrogen-bond donors (Lipinski definition) is 2. The molecule has 0 spiro atoms. The number of hydrogen-bond acceptors (Lipinski definition) is 4. The van der Waals surface area contributed by atoms with Crippen molar-refractivity contribution in [3.05, 3.63) is 0 Å². The second kappa shape index (κ2) is 4.77. The molecule has 0 saturated heterocycles. The zero-order valence-corrected chi connectivity index (χ0v) is 7.27. The number of aliphatic hydroxyl groups is 2. The molecule has 12 heavy (non-hydrogen) atoms. The molecular weight excluding hydrogens is 160 g/mol. The van der Waals surface area contributed by atoms with Gasteiger partial charge in [-0.15, -0.1) is 0 Å². The van der Waals surface area contributed by atoms with Crippen LogP contribution in [0.5, 0.6) is 0 Å². The van der Waals surface area contributed by atoms with E-state index in [1.54, 1.807) is 7.11 Å². The summed E-state index contributed by atoms with van der Waals surface area (Å²) in [4.78, 5) is 0. The molecule has 0 heterocycles. The monoisotopic (exact) mass is 176 g/mol. The first-order valence-electron chi connectivity index (χ1n) is 4.13. The maximum Gasteiger partial charge on any atom is 0.146 e. The van der Waals surface area contributed by atoms with Crippen molar-refractivity contribution in [1.82, 2.24) is 0 Å². The molecule has 1 rings (SSSR count). The zero-order chi connectivity index (χ0) is 8.97. The minimum absolute atomic E-state index is 0.145. The highest BCUT2D eigenvalue weighted by molar-refractivity contribution is 4.95. The topological polar surface area (TPSA) is 58.9 Å². The maximum atomic E-state index is 8.84. The first kappa shape index (κ1) is 9.92. The maximum absolute atomic E-state index is 8.84. The van der Waals surface area contributed by atoms with Gasteiger partial charge in [-0.25, -0.2) is 0 Å². The van der Waals surface area contributed by atoms with Gasteiger partial charge in [-0.1, -0.05) is 0 Å². The molecule has 0 amide bonds. The van der Waals surface area contributed by atoms with E-state index in [-0.39, 0.29) is 31.8 Å². The fourth-order valence-corrected chi connectivity index (χ4v) is 1.58. The zero-order valence-electron chi connectivity index (χ0n) is 7.27. The van der Waals surface area contributed by atoms with Crippen LogP contribution in [-0.4, -0.2) is 43.9 Å². The molecule has 1 unspecified atom stereocenters. The number of rotatable bonds is 6. The van der Waals surface area contributed by atoms with Crippen LogP contribution in [0.3, 0.4) is 0 Å². The van der Waals surface area contributed by atoms with Gasteiger partial charge >= 0.3 is 0 Å². The van der Waals surface area contributed by atoms with Crippen LogP contribution in [0.2, 0.25) is 0 Å². The number of aliphatic hydroxyl groups excluding tert-OH is 2. The molecule has 0 aliphatic heterocycles. The summed E-state index contributed by atoms with van der Waals surface area (Å²) in [5.74, 6) is 0.772. The quantitative estimate of drug-likeness (QED) is 0.421. The minimum atomic E-state index is 0.145. The molecule has 0 bridgehead atoms. The molecule has 72 valence electrons. The Kier molecular flexibility index (Phi) is 3.94. The third-order valence-electron chi connectivity index (χ3n) is 2.44. The Labute approximate surface area is 72.1 Å². The molecule has 1 fully saturated rings. The molecule has 0 aromatic heterocycles. The SMILES string of the molecule is COCOCC1[C@@H](CO)[C@H]1CO. The molecule has 3 atom stereocenters. The smallest absolute Gasteiger partial charge is 0.146 e. The first-order chi connectivity index (χ1) is 5.85. The Balaban J connectivity index is 2.09. The lowest BCUT2D eigenvalue weighted by Crippen LogP contribution is -2.03. The van der Waals surface area contributed by atoms with Crippen molar-refractivity contribution in [2.45, 2.75) is 0 Å². The van der Waals surface area contributed by atoms with Gasteiger partial charge < -0.3 is 19.7 Å². The van der Waals surface area contributed by atoms with Gasteiger partial charge in [0.05, 0.1) is 6.61 Å². The number of methoxy groups -OCH3 is 1.